The van der Waals surface area contributed by atoms with Gasteiger partial charge in [-0.15, -0.1) is 10.2 Å². The van der Waals surface area contributed by atoms with Crippen molar-refractivity contribution < 1.29 is 0 Å². The van der Waals surface area contributed by atoms with Crippen LogP contribution < -0.4 is 5.56 Å². The standard InChI is InChI=1S/C11H9Br2N3OS/c1-6-10(17)14-11(16-15-6)18-5-7-2-3-8(12)4-9(7)13/h2-4H,5H2,1H3,(H,14,16,17). The van der Waals surface area contributed by atoms with Crippen LogP contribution in [0.15, 0.2) is 37.1 Å². The van der Waals surface area contributed by atoms with E-state index in [9.17, 15) is 4.79 Å². The number of hydrogen-bond donors (Lipinski definition) is 1. The van der Waals surface area contributed by atoms with E-state index < -0.39 is 0 Å². The van der Waals surface area contributed by atoms with Gasteiger partial charge < -0.3 is 0 Å². The predicted molar refractivity (Wildman–Crippen MR) is 78.8 cm³/mol. The van der Waals surface area contributed by atoms with Gasteiger partial charge in [0.05, 0.1) is 0 Å². The molecular weight excluding hydrogens is 382 g/mol. The Morgan fingerprint density at radius 3 is 2.78 bits per heavy atom. The zero-order chi connectivity index (χ0) is 13.1. The van der Waals surface area contributed by atoms with Crippen LogP contribution in [0, 0.1) is 6.92 Å². The molecule has 0 amide bonds. The van der Waals surface area contributed by atoms with Gasteiger partial charge in [-0.3, -0.25) is 9.78 Å². The highest BCUT2D eigenvalue weighted by Crippen LogP contribution is 2.26. The van der Waals surface area contributed by atoms with Crippen LogP contribution in [0.2, 0.25) is 0 Å². The molecule has 4 nitrogen and oxygen atoms in total. The monoisotopic (exact) mass is 389 g/mol. The van der Waals surface area contributed by atoms with Gasteiger partial charge in [-0.2, -0.15) is 0 Å². The van der Waals surface area contributed by atoms with Gasteiger partial charge in [0.25, 0.3) is 5.56 Å². The Balaban J connectivity index is 2.11. The fraction of sp³-hybridized carbons (Fsp3) is 0.182. The minimum absolute atomic E-state index is 0.192. The predicted octanol–water partition coefficient (Wildman–Crippen LogP) is 3.29. The second-order valence-corrected chi connectivity index (χ2v) is 6.30. The lowest BCUT2D eigenvalue weighted by molar-refractivity contribution is 0.789. The summed E-state index contributed by atoms with van der Waals surface area (Å²) in [5, 5.41) is 8.26. The highest BCUT2D eigenvalue weighted by molar-refractivity contribution is 9.11. The van der Waals surface area contributed by atoms with E-state index in [1.54, 1.807) is 6.92 Å². The molecule has 0 radical (unpaired) electrons. The Morgan fingerprint density at radius 1 is 1.33 bits per heavy atom. The molecule has 0 aliphatic carbocycles. The van der Waals surface area contributed by atoms with Gasteiger partial charge in [0.1, 0.15) is 5.69 Å². The van der Waals surface area contributed by atoms with E-state index >= 15 is 0 Å². The van der Waals surface area contributed by atoms with Gasteiger partial charge >= 0.3 is 0 Å². The summed E-state index contributed by atoms with van der Waals surface area (Å²) in [5.74, 6) is 0.710. The van der Waals surface area contributed by atoms with Crippen molar-refractivity contribution in [2.75, 3.05) is 0 Å². The third kappa shape index (κ3) is 3.43. The summed E-state index contributed by atoms with van der Waals surface area (Å²) in [5.41, 5.74) is 1.32. The number of nitrogens with one attached hydrogen (secondary N) is 1. The lowest BCUT2D eigenvalue weighted by Crippen LogP contribution is -2.14. The van der Waals surface area contributed by atoms with E-state index in [0.717, 1.165) is 14.5 Å². The largest absolute Gasteiger partial charge is 0.298 e. The number of aromatic nitrogens is 3. The van der Waals surface area contributed by atoms with Crippen LogP contribution in [0.1, 0.15) is 11.3 Å². The minimum atomic E-state index is -0.192. The third-order valence-electron chi connectivity index (χ3n) is 2.22. The number of halogens is 2. The first-order chi connectivity index (χ1) is 8.56. The highest BCUT2D eigenvalue weighted by Gasteiger charge is 2.05. The van der Waals surface area contributed by atoms with Crippen LogP contribution in [0.3, 0.4) is 0 Å². The van der Waals surface area contributed by atoms with E-state index in [4.69, 9.17) is 0 Å². The molecule has 1 aromatic heterocycles. The summed E-state index contributed by atoms with van der Waals surface area (Å²) < 4.78 is 2.04. The number of hydrogen-bond acceptors (Lipinski definition) is 4. The maximum Gasteiger partial charge on any atom is 0.273 e. The zero-order valence-corrected chi connectivity index (χ0v) is 13.4. The van der Waals surface area contributed by atoms with Crippen molar-refractivity contribution in [1.82, 2.24) is 15.2 Å². The Bertz CT molecular complexity index is 630. The average Bonchev–Trinajstić information content (AvgIpc) is 2.32. The maximum atomic E-state index is 11.4. The van der Waals surface area contributed by atoms with Gasteiger partial charge in [0.15, 0.2) is 5.16 Å². The molecule has 1 heterocycles. The molecule has 1 aromatic carbocycles. The molecule has 0 saturated heterocycles. The summed E-state index contributed by atoms with van der Waals surface area (Å²) in [6.45, 7) is 1.63. The summed E-state index contributed by atoms with van der Waals surface area (Å²) in [4.78, 5) is 14.1. The van der Waals surface area contributed by atoms with Gasteiger partial charge in [0.2, 0.25) is 0 Å². The number of H-pyrrole nitrogens is 1. The highest BCUT2D eigenvalue weighted by atomic mass is 79.9. The average molecular weight is 391 g/mol. The van der Waals surface area contributed by atoms with Crippen LogP contribution in [-0.4, -0.2) is 15.2 Å². The van der Waals surface area contributed by atoms with E-state index in [2.05, 4.69) is 47.0 Å². The van der Waals surface area contributed by atoms with Crippen LogP contribution >= 0.6 is 43.6 Å². The number of thioether (sulfide) groups is 1. The Hall–Kier alpha value is -0.660. The quantitative estimate of drug-likeness (QED) is 0.817. The molecule has 0 aliphatic rings. The Labute approximate surface area is 125 Å². The minimum Gasteiger partial charge on any atom is -0.298 e. The molecule has 7 heteroatoms. The fourth-order valence-electron chi connectivity index (χ4n) is 1.23. The lowest BCUT2D eigenvalue weighted by atomic mass is 10.2. The Kier molecular flexibility index (Phi) is 4.58. The molecule has 18 heavy (non-hydrogen) atoms. The number of rotatable bonds is 3. The molecule has 0 atom stereocenters. The molecule has 2 rings (SSSR count). The summed E-state index contributed by atoms with van der Waals surface area (Å²) in [6.07, 6.45) is 0. The normalized spacial score (nSPS) is 10.6. The first-order valence-electron chi connectivity index (χ1n) is 5.06. The van der Waals surface area contributed by atoms with E-state index in [-0.39, 0.29) is 5.56 Å². The van der Waals surface area contributed by atoms with Gasteiger partial charge in [-0.05, 0) is 24.6 Å². The molecular formula is C11H9Br2N3OS. The van der Waals surface area contributed by atoms with Crippen LogP contribution in [0.25, 0.3) is 0 Å². The molecule has 0 bridgehead atoms. The fourth-order valence-corrected chi connectivity index (χ4v) is 3.41. The summed E-state index contributed by atoms with van der Waals surface area (Å²) >= 11 is 8.34. The molecule has 0 unspecified atom stereocenters. The van der Waals surface area contributed by atoms with E-state index in [0.29, 0.717) is 16.6 Å². The first-order valence-corrected chi connectivity index (χ1v) is 7.64. The van der Waals surface area contributed by atoms with Crippen molar-refractivity contribution in [2.24, 2.45) is 0 Å². The molecule has 0 aliphatic heterocycles. The summed E-state index contributed by atoms with van der Waals surface area (Å²) in [6, 6.07) is 5.98. The molecule has 0 saturated carbocycles. The van der Waals surface area contributed by atoms with Gasteiger partial charge in [0, 0.05) is 14.7 Å². The second-order valence-electron chi connectivity index (χ2n) is 3.57. The molecule has 2 aromatic rings. The topological polar surface area (TPSA) is 58.6 Å². The second kappa shape index (κ2) is 5.99. The van der Waals surface area contributed by atoms with Crippen molar-refractivity contribution in [3.63, 3.8) is 0 Å². The first kappa shape index (κ1) is 13.8. The number of aryl methyl sites for hydroxylation is 1. The van der Waals surface area contributed by atoms with Gasteiger partial charge in [-0.1, -0.05) is 49.7 Å². The lowest BCUT2D eigenvalue weighted by Gasteiger charge is -2.04. The third-order valence-corrected chi connectivity index (χ3v) is 4.36. The van der Waals surface area contributed by atoms with Crippen LogP contribution in [0.4, 0.5) is 0 Å². The van der Waals surface area contributed by atoms with Crippen LogP contribution in [0.5, 0.6) is 0 Å². The van der Waals surface area contributed by atoms with Crippen molar-refractivity contribution >= 4 is 43.6 Å². The van der Waals surface area contributed by atoms with Gasteiger partial charge in [-0.25, -0.2) is 0 Å². The number of nitrogens with zero attached hydrogens (tertiary/aromatic N) is 2. The zero-order valence-electron chi connectivity index (χ0n) is 9.41. The van der Waals surface area contributed by atoms with Crippen molar-refractivity contribution in [3.05, 3.63) is 48.8 Å². The van der Waals surface area contributed by atoms with Crippen molar-refractivity contribution in [1.29, 1.82) is 0 Å². The van der Waals surface area contributed by atoms with E-state index in [1.807, 2.05) is 18.2 Å². The Morgan fingerprint density at radius 2 is 2.11 bits per heavy atom. The number of benzene rings is 1. The van der Waals surface area contributed by atoms with Crippen LogP contribution in [-0.2, 0) is 5.75 Å². The maximum absolute atomic E-state index is 11.4. The SMILES string of the molecule is Cc1nnc(SCc2ccc(Br)cc2Br)[nH]c1=O. The summed E-state index contributed by atoms with van der Waals surface area (Å²) in [7, 11) is 0. The molecule has 1 N–H and O–H groups in total. The molecule has 0 spiro atoms. The molecule has 94 valence electrons. The number of aromatic amines is 1. The van der Waals surface area contributed by atoms with Crippen molar-refractivity contribution in [3.8, 4) is 0 Å². The van der Waals surface area contributed by atoms with Crippen molar-refractivity contribution in [2.45, 2.75) is 17.8 Å². The van der Waals surface area contributed by atoms with E-state index in [1.165, 1.54) is 11.8 Å². The smallest absolute Gasteiger partial charge is 0.273 e. The molecule has 0 fully saturated rings.